The van der Waals surface area contributed by atoms with Gasteiger partial charge in [-0.25, -0.2) is 9.18 Å². The van der Waals surface area contributed by atoms with E-state index >= 15 is 4.39 Å². The molecule has 1 amide bonds. The molecule has 1 aromatic carbocycles. The lowest BCUT2D eigenvalue weighted by Gasteiger charge is -2.36. The van der Waals surface area contributed by atoms with Gasteiger partial charge in [-0.2, -0.15) is 11.8 Å². The molecule has 28 heavy (non-hydrogen) atoms. The number of rotatable bonds is 5. The van der Waals surface area contributed by atoms with Gasteiger partial charge in [-0.3, -0.25) is 9.59 Å². The van der Waals surface area contributed by atoms with Crippen molar-refractivity contribution in [3.05, 3.63) is 33.9 Å². The third-order valence-corrected chi connectivity index (χ3v) is 6.02. The maximum atomic E-state index is 15.0. The third-order valence-electron chi connectivity index (χ3n) is 5.38. The number of carbonyl (C=O) groups excluding carboxylic acids is 1. The first-order valence-corrected chi connectivity index (χ1v) is 10.4. The molecule has 9 heteroatoms. The Morgan fingerprint density at radius 1 is 1.39 bits per heavy atom. The lowest BCUT2D eigenvalue weighted by molar-refractivity contribution is -0.117. The van der Waals surface area contributed by atoms with Crippen LogP contribution in [-0.4, -0.2) is 46.6 Å². The van der Waals surface area contributed by atoms with Crippen LogP contribution in [0.1, 0.15) is 35.7 Å². The van der Waals surface area contributed by atoms with Gasteiger partial charge in [-0.1, -0.05) is 0 Å². The number of nitrogens with zero attached hydrogens (tertiary/aromatic N) is 2. The summed E-state index contributed by atoms with van der Waals surface area (Å²) < 4.78 is 16.7. The Morgan fingerprint density at radius 3 is 2.71 bits per heavy atom. The summed E-state index contributed by atoms with van der Waals surface area (Å²) in [6.45, 7) is 0. The average Bonchev–Trinajstić information content (AvgIpc) is 3.46. The van der Waals surface area contributed by atoms with Crippen LogP contribution < -0.4 is 15.6 Å². The molecule has 1 aliphatic carbocycles. The Labute approximate surface area is 164 Å². The van der Waals surface area contributed by atoms with Crippen LogP contribution in [0.2, 0.25) is 0 Å². The summed E-state index contributed by atoms with van der Waals surface area (Å²) in [4.78, 5) is 38.5. The van der Waals surface area contributed by atoms with E-state index in [1.165, 1.54) is 6.20 Å². The number of carbonyl (C=O) groups is 2. The quantitative estimate of drug-likeness (QED) is 0.795. The number of likely N-dealkylation sites (N-methyl/N-ethyl adjacent to an activating group) is 1. The molecule has 1 aliphatic heterocycles. The van der Waals surface area contributed by atoms with Crippen molar-refractivity contribution in [3.63, 3.8) is 0 Å². The van der Waals surface area contributed by atoms with Gasteiger partial charge in [0.2, 0.25) is 11.3 Å². The molecule has 1 saturated carbocycles. The van der Waals surface area contributed by atoms with E-state index in [1.807, 2.05) is 6.26 Å². The second-order valence-corrected chi connectivity index (χ2v) is 8.18. The highest BCUT2D eigenvalue weighted by molar-refractivity contribution is 7.98. The van der Waals surface area contributed by atoms with Crippen molar-refractivity contribution in [2.75, 3.05) is 29.3 Å². The molecule has 1 atom stereocenters. The fourth-order valence-electron chi connectivity index (χ4n) is 3.83. The first-order valence-electron chi connectivity index (χ1n) is 9.02. The highest BCUT2D eigenvalue weighted by Gasteiger charge is 2.36. The number of benzene rings is 1. The lowest BCUT2D eigenvalue weighted by Crippen LogP contribution is -2.47. The topological polar surface area (TPSA) is 91.6 Å². The number of amides is 1. The molecule has 4 rings (SSSR count). The molecule has 2 aromatic rings. The molecule has 1 fully saturated rings. The fraction of sp³-hybridized carbons (Fsp3) is 0.421. The number of pyridine rings is 1. The van der Waals surface area contributed by atoms with Crippen LogP contribution in [0, 0.1) is 5.82 Å². The second-order valence-electron chi connectivity index (χ2n) is 7.19. The minimum absolute atomic E-state index is 0.0284. The molecule has 0 spiro atoms. The number of anilines is 2. The Morgan fingerprint density at radius 2 is 2.11 bits per heavy atom. The third kappa shape index (κ3) is 2.85. The number of aromatic nitrogens is 1. The summed E-state index contributed by atoms with van der Waals surface area (Å²) in [7, 11) is 1.67. The van der Waals surface area contributed by atoms with Crippen LogP contribution in [-0.2, 0) is 4.79 Å². The van der Waals surface area contributed by atoms with E-state index in [-0.39, 0.29) is 28.7 Å². The molecule has 1 unspecified atom stereocenters. The van der Waals surface area contributed by atoms with Crippen LogP contribution in [0.3, 0.4) is 0 Å². The zero-order valence-electron chi connectivity index (χ0n) is 15.5. The molecule has 148 valence electrons. The summed E-state index contributed by atoms with van der Waals surface area (Å²) in [5.74, 6) is -1.51. The number of aromatic carboxylic acids is 1. The van der Waals surface area contributed by atoms with E-state index in [9.17, 15) is 19.5 Å². The summed E-state index contributed by atoms with van der Waals surface area (Å²) in [6.07, 6.45) is 5.49. The van der Waals surface area contributed by atoms with Gasteiger partial charge in [0.15, 0.2) is 0 Å². The minimum Gasteiger partial charge on any atom is -0.477 e. The van der Waals surface area contributed by atoms with E-state index in [0.717, 1.165) is 24.7 Å². The highest BCUT2D eigenvalue weighted by atomic mass is 32.2. The van der Waals surface area contributed by atoms with Crippen molar-refractivity contribution in [3.8, 4) is 0 Å². The number of fused-ring (bicyclic) bond motifs is 3. The SMILES string of the molecule is CSCCC1C(=O)Nc2c(c(F)cc3c(=O)c(C(=O)O)cn(C4CC4)c23)N1C. The Kier molecular flexibility index (Phi) is 4.57. The van der Waals surface area contributed by atoms with Gasteiger partial charge >= 0.3 is 5.97 Å². The number of carboxylic acids is 1. The zero-order valence-corrected chi connectivity index (χ0v) is 16.3. The summed E-state index contributed by atoms with van der Waals surface area (Å²) in [5, 5.41) is 12.1. The lowest BCUT2D eigenvalue weighted by atomic mass is 10.0. The van der Waals surface area contributed by atoms with E-state index in [4.69, 9.17) is 0 Å². The van der Waals surface area contributed by atoms with E-state index < -0.39 is 28.8 Å². The molecule has 2 aliphatic rings. The van der Waals surface area contributed by atoms with Crippen LogP contribution >= 0.6 is 11.8 Å². The van der Waals surface area contributed by atoms with Gasteiger partial charge in [0.25, 0.3) is 0 Å². The molecule has 2 N–H and O–H groups in total. The van der Waals surface area contributed by atoms with Gasteiger partial charge in [0, 0.05) is 19.3 Å². The van der Waals surface area contributed by atoms with Gasteiger partial charge in [0.1, 0.15) is 17.4 Å². The zero-order chi connectivity index (χ0) is 20.2. The smallest absolute Gasteiger partial charge is 0.341 e. The van der Waals surface area contributed by atoms with Gasteiger partial charge < -0.3 is 19.9 Å². The molecule has 0 saturated heterocycles. The molecule has 2 heterocycles. The standard InChI is InChI=1S/C19H20FN3O4S/c1-22-13(5-6-28-2)18(25)21-14-15-10(7-12(20)16(14)22)17(24)11(19(26)27)8-23(15)9-3-4-9/h7-9,13H,3-6H2,1-2H3,(H,21,25)(H,26,27). The molecule has 1 aromatic heterocycles. The molecular formula is C19H20FN3O4S. The molecular weight excluding hydrogens is 385 g/mol. The number of hydrogen-bond donors (Lipinski definition) is 2. The van der Waals surface area contributed by atoms with Crippen molar-refractivity contribution in [1.29, 1.82) is 0 Å². The van der Waals surface area contributed by atoms with Crippen LogP contribution in [0.5, 0.6) is 0 Å². The molecule has 0 radical (unpaired) electrons. The first-order chi connectivity index (χ1) is 13.3. The van der Waals surface area contributed by atoms with Crippen molar-refractivity contribution in [2.24, 2.45) is 0 Å². The summed E-state index contributed by atoms with van der Waals surface area (Å²) >= 11 is 1.61. The van der Waals surface area contributed by atoms with Crippen molar-refractivity contribution < 1.29 is 19.1 Å². The van der Waals surface area contributed by atoms with E-state index in [0.29, 0.717) is 11.9 Å². The number of halogens is 1. The maximum Gasteiger partial charge on any atom is 0.341 e. The second kappa shape index (κ2) is 6.80. The number of hydrogen-bond acceptors (Lipinski definition) is 5. The van der Waals surface area contributed by atoms with Gasteiger partial charge in [-0.15, -0.1) is 0 Å². The Balaban J connectivity index is 2.00. The summed E-state index contributed by atoms with van der Waals surface area (Å²) in [5.41, 5.74) is -0.286. The fourth-order valence-corrected chi connectivity index (χ4v) is 4.29. The molecule has 7 nitrogen and oxygen atoms in total. The number of thioether (sulfide) groups is 1. The first kappa shape index (κ1) is 18.8. The van der Waals surface area contributed by atoms with Crippen LogP contribution in [0.25, 0.3) is 10.9 Å². The maximum absolute atomic E-state index is 15.0. The average molecular weight is 405 g/mol. The largest absolute Gasteiger partial charge is 0.477 e. The van der Waals surface area contributed by atoms with Crippen molar-refractivity contribution in [2.45, 2.75) is 31.3 Å². The molecule has 0 bridgehead atoms. The van der Waals surface area contributed by atoms with E-state index in [1.54, 1.807) is 28.3 Å². The van der Waals surface area contributed by atoms with Gasteiger partial charge in [0.05, 0.1) is 22.3 Å². The number of carboxylic acid groups (broad SMARTS) is 1. The monoisotopic (exact) mass is 405 g/mol. The minimum atomic E-state index is -1.35. The predicted octanol–water partition coefficient (Wildman–Crippen LogP) is 2.68. The Hall–Kier alpha value is -2.55. The number of nitrogens with one attached hydrogen (secondary N) is 1. The van der Waals surface area contributed by atoms with Crippen LogP contribution in [0.15, 0.2) is 17.1 Å². The van der Waals surface area contributed by atoms with Crippen molar-refractivity contribution >= 4 is 45.9 Å². The van der Waals surface area contributed by atoms with Crippen LogP contribution in [0.4, 0.5) is 15.8 Å². The Bertz CT molecular complexity index is 1060. The highest BCUT2D eigenvalue weighted by Crippen LogP contribution is 2.44. The van der Waals surface area contributed by atoms with Gasteiger partial charge in [-0.05, 0) is 37.3 Å². The van der Waals surface area contributed by atoms with E-state index in [2.05, 4.69) is 5.32 Å². The normalized spacial score (nSPS) is 18.9. The van der Waals surface area contributed by atoms with Crippen molar-refractivity contribution in [1.82, 2.24) is 4.57 Å². The predicted molar refractivity (Wildman–Crippen MR) is 107 cm³/mol. The summed E-state index contributed by atoms with van der Waals surface area (Å²) in [6, 6.07) is 0.625.